The van der Waals surface area contributed by atoms with Gasteiger partial charge in [-0.15, -0.1) is 0 Å². The van der Waals surface area contributed by atoms with Crippen molar-refractivity contribution in [2.75, 3.05) is 52.5 Å². The summed E-state index contributed by atoms with van der Waals surface area (Å²) in [5.41, 5.74) is 12.5. The maximum atomic E-state index is 14.1. The van der Waals surface area contributed by atoms with Crippen LogP contribution in [0.3, 0.4) is 0 Å². The molecule has 10 nitrogen and oxygen atoms in total. The fourth-order valence-corrected chi connectivity index (χ4v) is 11.9. The molecule has 6 atom stereocenters. The fraction of sp³-hybridized carbons (Fsp3) is 0.429. The molecule has 0 amide bonds. The van der Waals surface area contributed by atoms with Crippen LogP contribution in [0.1, 0.15) is 75.0 Å². The molecule has 0 aromatic heterocycles. The van der Waals surface area contributed by atoms with Gasteiger partial charge in [0.05, 0.1) is 24.1 Å². The van der Waals surface area contributed by atoms with Gasteiger partial charge >= 0.3 is 5.97 Å². The second kappa shape index (κ2) is 16.5. The molecule has 4 aromatic carbocycles. The zero-order valence-electron chi connectivity index (χ0n) is 35.3. The van der Waals surface area contributed by atoms with E-state index < -0.39 is 12.1 Å². The zero-order valence-corrected chi connectivity index (χ0v) is 36.1. The molecule has 9 rings (SSSR count). The van der Waals surface area contributed by atoms with Crippen molar-refractivity contribution in [3.05, 3.63) is 117 Å². The van der Waals surface area contributed by atoms with Crippen molar-refractivity contribution in [3.8, 4) is 40.2 Å². The molecule has 0 radical (unpaired) electrons. The van der Waals surface area contributed by atoms with Gasteiger partial charge in [-0.25, -0.2) is 0 Å². The number of nitriles is 1. The van der Waals surface area contributed by atoms with Crippen LogP contribution in [0, 0.1) is 38.0 Å². The van der Waals surface area contributed by atoms with Crippen molar-refractivity contribution in [1.82, 2.24) is 9.80 Å². The van der Waals surface area contributed by atoms with Crippen molar-refractivity contribution < 1.29 is 33.2 Å². The van der Waals surface area contributed by atoms with Crippen LogP contribution in [0.2, 0.25) is 0 Å². The van der Waals surface area contributed by atoms with E-state index in [4.69, 9.17) is 28.4 Å². The maximum Gasteiger partial charge on any atom is 0.309 e. The number of carbonyl (C=O) groups excluding carboxylic acids is 1. The quantitative estimate of drug-likeness (QED) is 0.0738. The number of carbonyl (C=O) groups is 1. The first-order valence-corrected chi connectivity index (χ1v) is 22.1. The Morgan fingerprint density at radius 1 is 0.983 bits per heavy atom. The standard InChI is InChI=1S/C49H53N3O7S/c1-8-17-55-45-30(5)47-48(59-26-58-47)43-36(45)20-39-44-42-31(18-27(2)29(4)46(42)57-25-54-7)19-38(51(44)6)40(21-50)52(39)41(43)22-56-49(53)28(3)23-60-24-37-34-15-11-9-13-32(34)33-14-10-12-16-35(33)37/h8-16,18,28,37-41,44H,1,17,19-20,22-26H2,2-7H3/t28-,38+,39?,40+,41+,44-/m1/s1. The Morgan fingerprint density at radius 3 is 2.40 bits per heavy atom. The SMILES string of the molecule is C=CCOc1c(C)c2c(c3c1CC1[C@@H]4c5c(cc(C)c(C)c5OCOC)C[C@@H]([C@H](C#N)N1[C@H]3COC(=O)[C@H](C)CSCC1c3ccccc3-c3ccccc31)N4C)OCO2. The van der Waals surface area contributed by atoms with Crippen LogP contribution in [-0.4, -0.2) is 86.4 Å². The van der Waals surface area contributed by atoms with Crippen LogP contribution < -0.4 is 18.9 Å². The number of nitrogens with zero attached hydrogens (tertiary/aromatic N) is 3. The first-order chi connectivity index (χ1) is 29.2. The number of hydrogen-bond donors (Lipinski definition) is 0. The molecule has 1 fully saturated rings. The molecule has 60 heavy (non-hydrogen) atoms. The lowest BCUT2D eigenvalue weighted by molar-refractivity contribution is -0.152. The Morgan fingerprint density at radius 2 is 1.70 bits per heavy atom. The van der Waals surface area contributed by atoms with Crippen LogP contribution in [0.5, 0.6) is 23.0 Å². The number of thioether (sulfide) groups is 1. The molecule has 0 saturated carbocycles. The summed E-state index contributed by atoms with van der Waals surface area (Å²) in [7, 11) is 3.76. The Bertz CT molecular complexity index is 2350. The molecule has 5 aliphatic rings. The van der Waals surface area contributed by atoms with Crippen LogP contribution in [0.15, 0.2) is 67.3 Å². The summed E-state index contributed by atoms with van der Waals surface area (Å²) < 4.78 is 37.2. The summed E-state index contributed by atoms with van der Waals surface area (Å²) >= 11 is 1.79. The van der Waals surface area contributed by atoms with Crippen molar-refractivity contribution in [1.29, 1.82) is 5.26 Å². The highest BCUT2D eigenvalue weighted by atomic mass is 32.2. The monoisotopic (exact) mass is 827 g/mol. The van der Waals surface area contributed by atoms with Gasteiger partial charge in [-0.1, -0.05) is 74.2 Å². The minimum absolute atomic E-state index is 0.0363. The van der Waals surface area contributed by atoms with Crippen molar-refractivity contribution >= 4 is 17.7 Å². The minimum atomic E-state index is -0.520. The largest absolute Gasteiger partial charge is 0.489 e. The molecular weight excluding hydrogens is 775 g/mol. The molecule has 0 spiro atoms. The molecule has 0 N–H and O–H groups in total. The van der Waals surface area contributed by atoms with E-state index in [9.17, 15) is 10.1 Å². The summed E-state index contributed by atoms with van der Waals surface area (Å²) in [6.45, 7) is 12.6. The predicted molar refractivity (Wildman–Crippen MR) is 232 cm³/mol. The molecule has 4 aromatic rings. The number of hydrogen-bond acceptors (Lipinski definition) is 11. The summed E-state index contributed by atoms with van der Waals surface area (Å²) in [6.07, 6.45) is 2.96. The summed E-state index contributed by atoms with van der Waals surface area (Å²) in [5, 5.41) is 11.2. The first kappa shape index (κ1) is 40.4. The van der Waals surface area contributed by atoms with Gasteiger partial charge in [-0.2, -0.15) is 17.0 Å². The zero-order chi connectivity index (χ0) is 41.8. The maximum absolute atomic E-state index is 14.1. The van der Waals surface area contributed by atoms with E-state index in [1.807, 2.05) is 13.8 Å². The highest BCUT2D eigenvalue weighted by Crippen LogP contribution is 2.58. The van der Waals surface area contributed by atoms with Gasteiger partial charge in [0.1, 0.15) is 30.8 Å². The number of likely N-dealkylation sites (N-methyl/N-ethyl adjacent to an activating group) is 1. The van der Waals surface area contributed by atoms with E-state index >= 15 is 0 Å². The normalized spacial score (nSPS) is 22.7. The van der Waals surface area contributed by atoms with E-state index in [0.29, 0.717) is 36.7 Å². The van der Waals surface area contributed by atoms with Gasteiger partial charge < -0.3 is 28.4 Å². The lowest BCUT2D eigenvalue weighted by Gasteiger charge is -2.60. The molecular formula is C49H53N3O7S. The van der Waals surface area contributed by atoms with E-state index in [1.54, 1.807) is 24.9 Å². The van der Waals surface area contributed by atoms with Gasteiger partial charge in [0.15, 0.2) is 18.3 Å². The number of esters is 1. The van der Waals surface area contributed by atoms with Gasteiger partial charge in [-0.3, -0.25) is 14.6 Å². The summed E-state index contributed by atoms with van der Waals surface area (Å²) in [5.74, 6) is 3.93. The Labute approximate surface area is 357 Å². The fourth-order valence-electron chi connectivity index (χ4n) is 10.7. The third kappa shape index (κ3) is 6.55. The summed E-state index contributed by atoms with van der Waals surface area (Å²) in [6, 6.07) is 20.7. The molecule has 11 heteroatoms. The third-order valence-electron chi connectivity index (χ3n) is 13.5. The Balaban J connectivity index is 1.05. The number of benzene rings is 4. The average molecular weight is 828 g/mol. The van der Waals surface area contributed by atoms with Crippen molar-refractivity contribution in [2.24, 2.45) is 5.92 Å². The number of aryl methyl sites for hydroxylation is 1. The lowest BCUT2D eigenvalue weighted by atomic mass is 9.71. The van der Waals surface area contributed by atoms with Crippen molar-refractivity contribution in [2.45, 2.75) is 76.7 Å². The van der Waals surface area contributed by atoms with E-state index in [-0.39, 0.29) is 56.1 Å². The van der Waals surface area contributed by atoms with Crippen molar-refractivity contribution in [3.63, 3.8) is 0 Å². The van der Waals surface area contributed by atoms with Gasteiger partial charge in [0, 0.05) is 58.9 Å². The molecule has 4 aliphatic heterocycles. The third-order valence-corrected chi connectivity index (χ3v) is 14.8. The number of ether oxygens (including phenoxy) is 6. The Hall–Kier alpha value is -4.99. The van der Waals surface area contributed by atoms with Crippen LogP contribution in [0.25, 0.3) is 11.1 Å². The Kier molecular flexibility index (Phi) is 11.1. The van der Waals surface area contributed by atoms with Gasteiger partial charge in [0.25, 0.3) is 0 Å². The molecule has 312 valence electrons. The highest BCUT2D eigenvalue weighted by molar-refractivity contribution is 7.99. The number of fused-ring (bicyclic) bond motifs is 12. The second-order valence-electron chi connectivity index (χ2n) is 16.8. The number of rotatable bonds is 13. The molecule has 1 unspecified atom stereocenters. The summed E-state index contributed by atoms with van der Waals surface area (Å²) in [4.78, 5) is 18.8. The van der Waals surface area contributed by atoms with E-state index in [2.05, 4.69) is 97.9 Å². The minimum Gasteiger partial charge on any atom is -0.489 e. The topological polar surface area (TPSA) is 103 Å². The molecule has 1 aliphatic carbocycles. The van der Waals surface area contributed by atoms with Gasteiger partial charge in [-0.05, 0) is 79.6 Å². The molecule has 2 bridgehead atoms. The highest BCUT2D eigenvalue weighted by Gasteiger charge is 2.57. The van der Waals surface area contributed by atoms with E-state index in [0.717, 1.165) is 50.6 Å². The molecule has 4 heterocycles. The van der Waals surface area contributed by atoms with Crippen LogP contribution in [-0.2, 0) is 27.1 Å². The van der Waals surface area contributed by atoms with Crippen LogP contribution >= 0.6 is 11.8 Å². The lowest BCUT2D eigenvalue weighted by Crippen LogP contribution is -2.68. The van der Waals surface area contributed by atoms with E-state index in [1.165, 1.54) is 27.8 Å². The molecule has 1 saturated heterocycles. The second-order valence-corrected chi connectivity index (χ2v) is 17.8. The predicted octanol–water partition coefficient (Wildman–Crippen LogP) is 8.38. The van der Waals surface area contributed by atoms with Gasteiger partial charge in [0.2, 0.25) is 6.79 Å². The number of piperazine rings is 1. The number of methoxy groups -OCH3 is 1. The first-order valence-electron chi connectivity index (χ1n) is 20.9. The van der Waals surface area contributed by atoms with Crippen LogP contribution in [0.4, 0.5) is 0 Å². The smallest absolute Gasteiger partial charge is 0.309 e. The average Bonchev–Trinajstić information content (AvgIpc) is 3.87.